The number of rotatable bonds is 6. The largest absolute Gasteiger partial charge is 0.469 e. The van der Waals surface area contributed by atoms with Crippen LogP contribution in [-0.2, 0) is 9.53 Å². The van der Waals surface area contributed by atoms with E-state index < -0.39 is 0 Å². The molecule has 18 heavy (non-hydrogen) atoms. The second-order valence-electron chi connectivity index (χ2n) is 3.72. The molecule has 0 unspecified atom stereocenters. The Morgan fingerprint density at radius 1 is 1.39 bits per heavy atom. The summed E-state index contributed by atoms with van der Waals surface area (Å²) in [5.74, 6) is -0.281. The molecule has 0 N–H and O–H groups in total. The summed E-state index contributed by atoms with van der Waals surface area (Å²) in [6.07, 6.45) is 0.999. The maximum absolute atomic E-state index is 12.1. The molecule has 0 spiro atoms. The second kappa shape index (κ2) is 7.20. The van der Waals surface area contributed by atoms with Gasteiger partial charge >= 0.3 is 5.97 Å². The number of furan rings is 1. The summed E-state index contributed by atoms with van der Waals surface area (Å²) in [6.45, 7) is 2.88. The molecule has 0 atom stereocenters. The normalized spacial score (nSPS) is 10.2. The van der Waals surface area contributed by atoms with E-state index in [2.05, 4.69) is 20.7 Å². The number of amides is 1. The third kappa shape index (κ3) is 4.18. The third-order valence-electron chi connectivity index (χ3n) is 2.38. The molecule has 0 radical (unpaired) electrons. The van der Waals surface area contributed by atoms with Crippen LogP contribution in [0.5, 0.6) is 0 Å². The minimum absolute atomic E-state index is 0.185. The zero-order valence-corrected chi connectivity index (χ0v) is 12.0. The topological polar surface area (TPSA) is 59.8 Å². The Labute approximate surface area is 114 Å². The molecule has 0 aliphatic carbocycles. The number of carbonyl (C=O) groups is 2. The number of carbonyl (C=O) groups excluding carboxylic acids is 2. The van der Waals surface area contributed by atoms with Gasteiger partial charge in [0.1, 0.15) is 0 Å². The summed E-state index contributed by atoms with van der Waals surface area (Å²) in [7, 11) is 1.33. The Hall–Kier alpha value is -1.30. The van der Waals surface area contributed by atoms with E-state index in [-0.39, 0.29) is 24.1 Å². The zero-order chi connectivity index (χ0) is 13.5. The summed E-state index contributed by atoms with van der Waals surface area (Å²) in [5, 5.41) is 0. The maximum Gasteiger partial charge on any atom is 0.307 e. The average Bonchev–Trinajstić information content (AvgIpc) is 2.79. The van der Waals surface area contributed by atoms with Crippen LogP contribution >= 0.6 is 15.9 Å². The smallest absolute Gasteiger partial charge is 0.307 e. The fraction of sp³-hybridized carbons (Fsp3) is 0.500. The molecular formula is C12H16BrNO4. The van der Waals surface area contributed by atoms with Crippen LogP contribution in [-0.4, -0.2) is 37.0 Å². The molecule has 1 amide bonds. The number of hydrogen-bond acceptors (Lipinski definition) is 4. The predicted molar refractivity (Wildman–Crippen MR) is 69.2 cm³/mol. The van der Waals surface area contributed by atoms with E-state index in [0.717, 1.165) is 6.42 Å². The summed E-state index contributed by atoms with van der Waals surface area (Å²) in [5.41, 5.74) is 0. The van der Waals surface area contributed by atoms with Gasteiger partial charge in [-0.1, -0.05) is 6.92 Å². The number of ether oxygens (including phenoxy) is 1. The summed E-state index contributed by atoms with van der Waals surface area (Å²) < 4.78 is 10.3. The Kier molecular flexibility index (Phi) is 5.91. The van der Waals surface area contributed by atoms with Crippen LogP contribution < -0.4 is 0 Å². The molecule has 0 aliphatic heterocycles. The van der Waals surface area contributed by atoms with Gasteiger partial charge in [-0.25, -0.2) is 0 Å². The lowest BCUT2D eigenvalue weighted by Crippen LogP contribution is -2.33. The van der Waals surface area contributed by atoms with Crippen molar-refractivity contribution in [2.75, 3.05) is 20.2 Å². The third-order valence-corrected chi connectivity index (χ3v) is 2.80. The van der Waals surface area contributed by atoms with E-state index >= 15 is 0 Å². The highest BCUT2D eigenvalue weighted by Gasteiger charge is 2.19. The summed E-state index contributed by atoms with van der Waals surface area (Å²) in [4.78, 5) is 24.8. The highest BCUT2D eigenvalue weighted by atomic mass is 79.9. The van der Waals surface area contributed by atoms with Crippen LogP contribution in [0.3, 0.4) is 0 Å². The predicted octanol–water partition coefficient (Wildman–Crippen LogP) is 2.46. The van der Waals surface area contributed by atoms with E-state index in [9.17, 15) is 9.59 Å². The average molecular weight is 318 g/mol. The molecule has 1 aromatic heterocycles. The standard InChI is InChI=1S/C12H16BrNO4/c1-3-7-14(8-6-11(15)17-2)12(16)9-4-5-10(13)18-9/h4-5H,3,6-8H2,1-2H3. The number of halogens is 1. The lowest BCUT2D eigenvalue weighted by atomic mass is 10.3. The number of methoxy groups -OCH3 is 1. The number of nitrogens with zero attached hydrogens (tertiary/aromatic N) is 1. The van der Waals surface area contributed by atoms with Gasteiger partial charge < -0.3 is 14.1 Å². The summed E-state index contributed by atoms with van der Waals surface area (Å²) >= 11 is 3.15. The van der Waals surface area contributed by atoms with Crippen LogP contribution in [0.25, 0.3) is 0 Å². The Morgan fingerprint density at radius 2 is 2.11 bits per heavy atom. The van der Waals surface area contributed by atoms with Crippen molar-refractivity contribution in [2.24, 2.45) is 0 Å². The van der Waals surface area contributed by atoms with Crippen LogP contribution in [0.15, 0.2) is 21.2 Å². The lowest BCUT2D eigenvalue weighted by molar-refractivity contribution is -0.140. The monoisotopic (exact) mass is 317 g/mol. The van der Waals surface area contributed by atoms with E-state index in [0.29, 0.717) is 17.8 Å². The van der Waals surface area contributed by atoms with Gasteiger partial charge in [-0.15, -0.1) is 0 Å². The molecule has 0 saturated heterocycles. The number of esters is 1. The van der Waals surface area contributed by atoms with Crippen molar-refractivity contribution < 1.29 is 18.7 Å². The van der Waals surface area contributed by atoms with Crippen molar-refractivity contribution in [1.29, 1.82) is 0 Å². The fourth-order valence-corrected chi connectivity index (χ4v) is 1.80. The molecule has 0 aromatic carbocycles. The van der Waals surface area contributed by atoms with Crippen LogP contribution in [0.2, 0.25) is 0 Å². The van der Waals surface area contributed by atoms with Gasteiger partial charge in [0.05, 0.1) is 13.5 Å². The Bertz CT molecular complexity index is 416. The lowest BCUT2D eigenvalue weighted by Gasteiger charge is -2.20. The van der Waals surface area contributed by atoms with Crippen molar-refractivity contribution in [1.82, 2.24) is 4.90 Å². The van der Waals surface area contributed by atoms with Crippen LogP contribution in [0.4, 0.5) is 0 Å². The first-order valence-electron chi connectivity index (χ1n) is 5.70. The molecule has 1 heterocycles. The number of hydrogen-bond donors (Lipinski definition) is 0. The molecule has 1 aromatic rings. The van der Waals surface area contributed by atoms with Crippen LogP contribution in [0.1, 0.15) is 30.3 Å². The molecule has 0 fully saturated rings. The Morgan fingerprint density at radius 3 is 2.61 bits per heavy atom. The highest BCUT2D eigenvalue weighted by molar-refractivity contribution is 9.10. The molecule has 6 heteroatoms. The first kappa shape index (κ1) is 14.8. The van der Waals surface area contributed by atoms with E-state index in [4.69, 9.17) is 4.42 Å². The molecule has 0 aliphatic rings. The molecule has 100 valence electrons. The SMILES string of the molecule is CCCN(CCC(=O)OC)C(=O)c1ccc(Br)o1. The van der Waals surface area contributed by atoms with Crippen molar-refractivity contribution in [3.8, 4) is 0 Å². The Balaban J connectivity index is 2.66. The van der Waals surface area contributed by atoms with Gasteiger partial charge in [-0.3, -0.25) is 9.59 Å². The van der Waals surface area contributed by atoms with Gasteiger partial charge in [-0.05, 0) is 34.5 Å². The molecule has 0 bridgehead atoms. The van der Waals surface area contributed by atoms with Gasteiger partial charge in [0, 0.05) is 13.1 Å². The van der Waals surface area contributed by atoms with E-state index in [1.165, 1.54) is 7.11 Å². The molecule has 1 rings (SSSR count). The van der Waals surface area contributed by atoms with Gasteiger partial charge in [-0.2, -0.15) is 0 Å². The molecule has 5 nitrogen and oxygen atoms in total. The first-order chi connectivity index (χ1) is 8.58. The maximum atomic E-state index is 12.1. The van der Waals surface area contributed by atoms with Crippen molar-refractivity contribution in [3.05, 3.63) is 22.6 Å². The minimum atomic E-state index is -0.329. The minimum Gasteiger partial charge on any atom is -0.469 e. The molecular weight excluding hydrogens is 302 g/mol. The van der Waals surface area contributed by atoms with Crippen molar-refractivity contribution in [3.63, 3.8) is 0 Å². The fourth-order valence-electron chi connectivity index (χ4n) is 1.50. The molecule has 0 saturated carbocycles. The van der Waals surface area contributed by atoms with Gasteiger partial charge in [0.15, 0.2) is 10.4 Å². The van der Waals surface area contributed by atoms with Crippen LogP contribution in [0, 0.1) is 0 Å². The summed E-state index contributed by atoms with van der Waals surface area (Å²) in [6, 6.07) is 3.27. The first-order valence-corrected chi connectivity index (χ1v) is 6.49. The van der Waals surface area contributed by atoms with E-state index in [1.807, 2.05) is 6.92 Å². The van der Waals surface area contributed by atoms with Crippen molar-refractivity contribution >= 4 is 27.8 Å². The van der Waals surface area contributed by atoms with Gasteiger partial charge in [0.25, 0.3) is 5.91 Å². The quantitative estimate of drug-likeness (QED) is 0.756. The highest BCUT2D eigenvalue weighted by Crippen LogP contribution is 2.16. The van der Waals surface area contributed by atoms with Gasteiger partial charge in [0.2, 0.25) is 0 Å². The second-order valence-corrected chi connectivity index (χ2v) is 4.50. The van der Waals surface area contributed by atoms with E-state index in [1.54, 1.807) is 17.0 Å². The van der Waals surface area contributed by atoms with Crippen molar-refractivity contribution in [2.45, 2.75) is 19.8 Å². The zero-order valence-electron chi connectivity index (χ0n) is 10.4.